The first kappa shape index (κ1) is 18.1. The smallest absolute Gasteiger partial charge is 0.366 e. The fraction of sp³-hybridized carbons (Fsp3) is 0.100. The van der Waals surface area contributed by atoms with E-state index in [-0.39, 0.29) is 17.1 Å². The molecule has 7 heteroatoms. The molecule has 0 aliphatic rings. The van der Waals surface area contributed by atoms with Crippen LogP contribution in [0.3, 0.4) is 0 Å². The number of rotatable bonds is 5. The zero-order valence-electron chi connectivity index (χ0n) is 14.6. The van der Waals surface area contributed by atoms with Gasteiger partial charge in [-0.05, 0) is 29.3 Å². The van der Waals surface area contributed by atoms with Crippen LogP contribution in [-0.4, -0.2) is 16.7 Å². The van der Waals surface area contributed by atoms with Gasteiger partial charge < -0.3 is 10.6 Å². The molecule has 0 aliphatic heterocycles. The predicted octanol–water partition coefficient (Wildman–Crippen LogP) is 3.73. The maximum Gasteiger partial charge on any atom is 0.366 e. The standard InChI is InChI=1S/C20H17N3O4/c1-13-9-10-16(11-18(13)23(25)26)20(24)27-22-19(21)12-15-7-4-6-14-5-2-3-8-17(14)15/h2-11H,12H2,1H3,(H2,21,22). The highest BCUT2D eigenvalue weighted by Crippen LogP contribution is 2.20. The lowest BCUT2D eigenvalue weighted by molar-refractivity contribution is -0.385. The second kappa shape index (κ2) is 7.65. The molecule has 2 N–H and O–H groups in total. The maximum absolute atomic E-state index is 12.1. The van der Waals surface area contributed by atoms with Gasteiger partial charge in [-0.15, -0.1) is 0 Å². The van der Waals surface area contributed by atoms with E-state index in [0.29, 0.717) is 12.0 Å². The Bertz CT molecular complexity index is 1050. The molecule has 0 fully saturated rings. The van der Waals surface area contributed by atoms with E-state index in [4.69, 9.17) is 10.6 Å². The Morgan fingerprint density at radius 1 is 1.15 bits per heavy atom. The Morgan fingerprint density at radius 2 is 1.89 bits per heavy atom. The van der Waals surface area contributed by atoms with Crippen LogP contribution in [0.4, 0.5) is 5.69 Å². The van der Waals surface area contributed by atoms with E-state index < -0.39 is 10.9 Å². The van der Waals surface area contributed by atoms with E-state index in [1.807, 2.05) is 42.5 Å². The SMILES string of the molecule is Cc1ccc(C(=O)O/N=C(\N)Cc2cccc3ccccc23)cc1[N+](=O)[O-]. The van der Waals surface area contributed by atoms with Crippen LogP contribution < -0.4 is 5.73 Å². The van der Waals surface area contributed by atoms with Crippen molar-refractivity contribution in [1.82, 2.24) is 0 Å². The highest BCUT2D eigenvalue weighted by molar-refractivity contribution is 5.93. The molecule has 7 nitrogen and oxygen atoms in total. The van der Waals surface area contributed by atoms with Crippen LogP contribution in [0, 0.1) is 17.0 Å². The predicted molar refractivity (Wildman–Crippen MR) is 103 cm³/mol. The van der Waals surface area contributed by atoms with Gasteiger partial charge in [0, 0.05) is 18.1 Å². The summed E-state index contributed by atoms with van der Waals surface area (Å²) in [7, 11) is 0. The van der Waals surface area contributed by atoms with Gasteiger partial charge in [0.1, 0.15) is 5.84 Å². The lowest BCUT2D eigenvalue weighted by Crippen LogP contribution is -2.17. The summed E-state index contributed by atoms with van der Waals surface area (Å²) in [6, 6.07) is 17.8. The average Bonchev–Trinajstić information content (AvgIpc) is 2.66. The molecule has 0 bridgehead atoms. The number of hydrogen-bond donors (Lipinski definition) is 1. The van der Waals surface area contributed by atoms with Crippen LogP contribution in [0.1, 0.15) is 21.5 Å². The van der Waals surface area contributed by atoms with Gasteiger partial charge in [0.05, 0.1) is 10.5 Å². The number of carbonyl (C=O) groups excluding carboxylic acids is 1. The molecule has 27 heavy (non-hydrogen) atoms. The van der Waals surface area contributed by atoms with Gasteiger partial charge in [-0.1, -0.05) is 53.7 Å². The van der Waals surface area contributed by atoms with Crippen molar-refractivity contribution in [1.29, 1.82) is 0 Å². The van der Waals surface area contributed by atoms with Gasteiger partial charge in [0.15, 0.2) is 0 Å². The van der Waals surface area contributed by atoms with Crippen LogP contribution in [0.15, 0.2) is 65.8 Å². The molecule has 3 aromatic carbocycles. The van der Waals surface area contributed by atoms with Crippen LogP contribution in [-0.2, 0) is 11.3 Å². The molecule has 0 saturated carbocycles. The number of oxime groups is 1. The first-order valence-corrected chi connectivity index (χ1v) is 8.21. The van der Waals surface area contributed by atoms with E-state index in [2.05, 4.69) is 5.16 Å². The van der Waals surface area contributed by atoms with Crippen LogP contribution >= 0.6 is 0 Å². The number of nitro benzene ring substituents is 1. The number of nitrogens with zero attached hydrogens (tertiary/aromatic N) is 2. The van der Waals surface area contributed by atoms with Gasteiger partial charge in [-0.2, -0.15) is 0 Å². The summed E-state index contributed by atoms with van der Waals surface area (Å²) in [5.74, 6) is -0.680. The topological polar surface area (TPSA) is 108 Å². The molecular formula is C20H17N3O4. The van der Waals surface area contributed by atoms with Crippen molar-refractivity contribution in [3.05, 3.63) is 87.5 Å². The largest absolute Gasteiger partial charge is 0.384 e. The third-order valence-corrected chi connectivity index (χ3v) is 4.14. The summed E-state index contributed by atoms with van der Waals surface area (Å²) in [4.78, 5) is 27.4. The molecule has 3 aromatic rings. The van der Waals surface area contributed by atoms with Crippen molar-refractivity contribution in [3.8, 4) is 0 Å². The number of amidine groups is 1. The van der Waals surface area contributed by atoms with E-state index in [1.165, 1.54) is 12.1 Å². The van der Waals surface area contributed by atoms with Crippen molar-refractivity contribution in [2.24, 2.45) is 10.9 Å². The normalized spacial score (nSPS) is 11.4. The van der Waals surface area contributed by atoms with Crippen molar-refractivity contribution < 1.29 is 14.6 Å². The number of benzene rings is 3. The molecule has 0 aliphatic carbocycles. The lowest BCUT2D eigenvalue weighted by atomic mass is 10.0. The maximum atomic E-state index is 12.1. The van der Waals surface area contributed by atoms with Crippen LogP contribution in [0.25, 0.3) is 10.8 Å². The Labute approximate surface area is 155 Å². The molecule has 0 unspecified atom stereocenters. The van der Waals surface area contributed by atoms with Crippen molar-refractivity contribution in [2.75, 3.05) is 0 Å². The zero-order chi connectivity index (χ0) is 19.4. The lowest BCUT2D eigenvalue weighted by Gasteiger charge is -2.06. The average molecular weight is 363 g/mol. The van der Waals surface area contributed by atoms with Gasteiger partial charge >= 0.3 is 5.97 Å². The summed E-state index contributed by atoms with van der Waals surface area (Å²) >= 11 is 0. The fourth-order valence-corrected chi connectivity index (χ4v) is 2.76. The molecule has 0 radical (unpaired) electrons. The third-order valence-electron chi connectivity index (χ3n) is 4.14. The number of aryl methyl sites for hydroxylation is 1. The second-order valence-electron chi connectivity index (χ2n) is 6.03. The third kappa shape index (κ3) is 4.09. The number of hydrogen-bond acceptors (Lipinski definition) is 5. The molecule has 3 rings (SSSR count). The highest BCUT2D eigenvalue weighted by Gasteiger charge is 2.16. The number of fused-ring (bicyclic) bond motifs is 1. The minimum atomic E-state index is -0.807. The molecule has 0 amide bonds. The Morgan fingerprint density at radius 3 is 2.67 bits per heavy atom. The summed E-state index contributed by atoms with van der Waals surface area (Å²) in [5.41, 5.74) is 7.18. The van der Waals surface area contributed by atoms with Gasteiger partial charge in [0.2, 0.25) is 0 Å². The van der Waals surface area contributed by atoms with Crippen LogP contribution in [0.2, 0.25) is 0 Å². The monoisotopic (exact) mass is 363 g/mol. The Hall–Kier alpha value is -3.74. The van der Waals surface area contributed by atoms with Gasteiger partial charge in [-0.25, -0.2) is 4.79 Å². The van der Waals surface area contributed by atoms with Crippen molar-refractivity contribution in [2.45, 2.75) is 13.3 Å². The number of nitro groups is 1. The summed E-state index contributed by atoms with van der Waals surface area (Å²) < 4.78 is 0. The van der Waals surface area contributed by atoms with E-state index in [0.717, 1.165) is 22.4 Å². The quantitative estimate of drug-likeness (QED) is 0.244. The molecule has 0 spiro atoms. The van der Waals surface area contributed by atoms with Gasteiger partial charge in [0.25, 0.3) is 5.69 Å². The molecular weight excluding hydrogens is 346 g/mol. The van der Waals surface area contributed by atoms with Crippen LogP contribution in [0.5, 0.6) is 0 Å². The van der Waals surface area contributed by atoms with E-state index in [1.54, 1.807) is 6.92 Å². The minimum absolute atomic E-state index is 0.0361. The Kier molecular flexibility index (Phi) is 5.12. The summed E-state index contributed by atoms with van der Waals surface area (Å²) in [6.07, 6.45) is 0.308. The zero-order valence-corrected chi connectivity index (χ0v) is 14.6. The molecule has 0 atom stereocenters. The first-order valence-electron chi connectivity index (χ1n) is 8.21. The first-order chi connectivity index (χ1) is 13.0. The van der Waals surface area contributed by atoms with Crippen molar-refractivity contribution in [3.63, 3.8) is 0 Å². The van der Waals surface area contributed by atoms with E-state index >= 15 is 0 Å². The second-order valence-corrected chi connectivity index (χ2v) is 6.03. The molecule has 0 aromatic heterocycles. The summed E-state index contributed by atoms with van der Waals surface area (Å²) in [6.45, 7) is 1.59. The molecule has 0 heterocycles. The summed E-state index contributed by atoms with van der Waals surface area (Å²) in [5, 5.41) is 16.8. The Balaban J connectivity index is 1.74. The number of carbonyl (C=O) groups is 1. The molecule has 136 valence electrons. The molecule has 0 saturated heterocycles. The van der Waals surface area contributed by atoms with Gasteiger partial charge in [-0.3, -0.25) is 10.1 Å². The fourth-order valence-electron chi connectivity index (χ4n) is 2.76. The minimum Gasteiger partial charge on any atom is -0.384 e. The number of nitrogens with two attached hydrogens (primary N) is 1. The highest BCUT2D eigenvalue weighted by atomic mass is 16.7. The van der Waals surface area contributed by atoms with E-state index in [9.17, 15) is 14.9 Å². The van der Waals surface area contributed by atoms with Crippen molar-refractivity contribution >= 4 is 28.3 Å².